The van der Waals surface area contributed by atoms with Gasteiger partial charge >= 0.3 is 0 Å². The first-order valence-electron chi connectivity index (χ1n) is 22.8. The summed E-state index contributed by atoms with van der Waals surface area (Å²) in [7, 11) is 0. The highest BCUT2D eigenvalue weighted by molar-refractivity contribution is 5.26. The molecule has 0 amide bonds. The third-order valence-corrected chi connectivity index (χ3v) is 17.3. The minimum absolute atomic E-state index is 0.0239. The van der Waals surface area contributed by atoms with Gasteiger partial charge in [-0.05, 0) is 98.7 Å². The number of aliphatic hydroxyl groups is 8. The maximum atomic E-state index is 11.5. The maximum absolute atomic E-state index is 11.5. The normalized spacial score (nSPS) is 57.9. The van der Waals surface area contributed by atoms with Gasteiger partial charge in [0.1, 0.15) is 61.0 Å². The van der Waals surface area contributed by atoms with Crippen LogP contribution in [-0.4, -0.2) is 165 Å². The summed E-state index contributed by atoms with van der Waals surface area (Å²) in [5.41, 5.74) is 1.52. The first kappa shape index (κ1) is 44.3. The summed E-state index contributed by atoms with van der Waals surface area (Å²) < 4.78 is 50.1. The SMILES string of the molecule is C[C@@H]1CC[C@@]2(OC1)O[C@H]1C[C@H]3[C@@H]4CC=C5C[C@@H](O[C@@H]6O[C@H](CO)[C@@H](O)[C@H](O[C@@H]7OC[C@@H](O)[C@H](O)[C@H]7O)[C@H]6OC6O[C@@H](C)[C@H](O)[C@@H](O)[C@H]6O)CC[C@]5(C)[C@H]4CC[C@]3(C)[C@H]1[C@@H]2C. The molecule has 60 heavy (non-hydrogen) atoms. The van der Waals surface area contributed by atoms with E-state index in [1.165, 1.54) is 18.9 Å². The van der Waals surface area contributed by atoms with E-state index in [2.05, 4.69) is 33.8 Å². The molecule has 25 atom stereocenters. The highest BCUT2D eigenvalue weighted by atomic mass is 16.8. The van der Waals surface area contributed by atoms with Gasteiger partial charge in [0.05, 0.1) is 38.1 Å². The molecule has 8 N–H and O–H groups in total. The van der Waals surface area contributed by atoms with Crippen molar-refractivity contribution in [3.8, 4) is 0 Å². The molecule has 9 aliphatic rings. The molecule has 16 nitrogen and oxygen atoms in total. The molecular formula is C44H70O16. The van der Waals surface area contributed by atoms with Gasteiger partial charge in [0.2, 0.25) is 0 Å². The van der Waals surface area contributed by atoms with Crippen molar-refractivity contribution in [2.24, 2.45) is 46.3 Å². The lowest BCUT2D eigenvalue weighted by Crippen LogP contribution is -2.66. The zero-order valence-corrected chi connectivity index (χ0v) is 35.6. The fourth-order valence-corrected chi connectivity index (χ4v) is 13.7. The second-order valence-corrected chi connectivity index (χ2v) is 20.6. The second kappa shape index (κ2) is 16.5. The fourth-order valence-electron chi connectivity index (χ4n) is 13.7. The third-order valence-electron chi connectivity index (χ3n) is 17.3. The lowest BCUT2D eigenvalue weighted by molar-refractivity contribution is -0.390. The Kier molecular flexibility index (Phi) is 12.2. The molecule has 5 aliphatic heterocycles. The first-order chi connectivity index (χ1) is 28.5. The molecule has 5 saturated heterocycles. The van der Waals surface area contributed by atoms with E-state index < -0.39 is 98.4 Å². The third kappa shape index (κ3) is 7.19. The van der Waals surface area contributed by atoms with E-state index >= 15 is 0 Å². The number of aliphatic hydroxyl groups excluding tert-OH is 8. The molecule has 16 heteroatoms. The Bertz CT molecular complexity index is 1560. The predicted octanol–water partition coefficient (Wildman–Crippen LogP) is 0.853. The molecular weight excluding hydrogens is 784 g/mol. The molecule has 0 aromatic carbocycles. The molecule has 4 aliphatic carbocycles. The van der Waals surface area contributed by atoms with Gasteiger partial charge in [0.15, 0.2) is 24.7 Å². The first-order valence-corrected chi connectivity index (χ1v) is 22.8. The summed E-state index contributed by atoms with van der Waals surface area (Å²) in [5.74, 6) is 2.62. The lowest BCUT2D eigenvalue weighted by Gasteiger charge is -2.59. The fraction of sp³-hybridized carbons (Fsp3) is 0.955. The Labute approximate surface area is 352 Å². The van der Waals surface area contributed by atoms with E-state index in [0.29, 0.717) is 48.3 Å². The van der Waals surface area contributed by atoms with E-state index in [9.17, 15) is 40.9 Å². The van der Waals surface area contributed by atoms with Crippen molar-refractivity contribution in [2.45, 2.75) is 196 Å². The molecule has 9 rings (SSSR count). The van der Waals surface area contributed by atoms with Crippen LogP contribution in [-0.2, 0) is 37.9 Å². The summed E-state index contributed by atoms with van der Waals surface area (Å²) >= 11 is 0. The Morgan fingerprint density at radius 2 is 1.48 bits per heavy atom. The van der Waals surface area contributed by atoms with Crippen LogP contribution < -0.4 is 0 Å². The van der Waals surface area contributed by atoms with Crippen LogP contribution in [0, 0.1) is 46.3 Å². The monoisotopic (exact) mass is 854 g/mol. The number of allylic oxidation sites excluding steroid dienone is 1. The average molecular weight is 855 g/mol. The topological polar surface area (TPSA) is 236 Å². The molecule has 0 bridgehead atoms. The second-order valence-electron chi connectivity index (χ2n) is 20.6. The Morgan fingerprint density at radius 3 is 2.22 bits per heavy atom. The van der Waals surface area contributed by atoms with E-state index in [4.69, 9.17) is 37.9 Å². The summed E-state index contributed by atoms with van der Waals surface area (Å²) in [6.07, 6.45) is -9.49. The van der Waals surface area contributed by atoms with Gasteiger partial charge in [-0.3, -0.25) is 0 Å². The van der Waals surface area contributed by atoms with Crippen LogP contribution in [0.5, 0.6) is 0 Å². The van der Waals surface area contributed by atoms with Crippen molar-refractivity contribution in [3.63, 3.8) is 0 Å². The van der Waals surface area contributed by atoms with E-state index in [1.807, 2.05) is 0 Å². The highest BCUT2D eigenvalue weighted by Crippen LogP contribution is 2.70. The van der Waals surface area contributed by atoms with Crippen molar-refractivity contribution < 1.29 is 78.7 Å². The number of hydrogen-bond acceptors (Lipinski definition) is 16. The highest BCUT2D eigenvalue weighted by Gasteiger charge is 2.69. The quantitative estimate of drug-likeness (QED) is 0.166. The Morgan fingerprint density at radius 1 is 0.733 bits per heavy atom. The molecule has 1 unspecified atom stereocenters. The summed E-state index contributed by atoms with van der Waals surface area (Å²) in [5, 5.41) is 85.1. The number of hydrogen-bond donors (Lipinski definition) is 8. The van der Waals surface area contributed by atoms with E-state index in [0.717, 1.165) is 45.1 Å². The van der Waals surface area contributed by atoms with Crippen LogP contribution in [0.15, 0.2) is 11.6 Å². The van der Waals surface area contributed by atoms with Crippen molar-refractivity contribution in [1.82, 2.24) is 0 Å². The van der Waals surface area contributed by atoms with Crippen molar-refractivity contribution in [1.29, 1.82) is 0 Å². The minimum atomic E-state index is -1.72. The van der Waals surface area contributed by atoms with E-state index in [1.54, 1.807) is 0 Å². The van der Waals surface area contributed by atoms with Gasteiger partial charge in [-0.1, -0.05) is 39.3 Å². The van der Waals surface area contributed by atoms with Crippen molar-refractivity contribution in [3.05, 3.63) is 11.6 Å². The van der Waals surface area contributed by atoms with Crippen molar-refractivity contribution >= 4 is 0 Å². The van der Waals surface area contributed by atoms with E-state index in [-0.39, 0.29) is 29.6 Å². The summed E-state index contributed by atoms with van der Waals surface area (Å²) in [6.45, 7) is 10.9. The molecule has 342 valence electrons. The van der Waals surface area contributed by atoms with Gasteiger partial charge in [-0.15, -0.1) is 0 Å². The van der Waals surface area contributed by atoms with Crippen LogP contribution in [0.2, 0.25) is 0 Å². The van der Waals surface area contributed by atoms with Crippen LogP contribution in [0.25, 0.3) is 0 Å². The number of rotatable bonds is 7. The van der Waals surface area contributed by atoms with Crippen LogP contribution >= 0.6 is 0 Å². The molecule has 0 radical (unpaired) electrons. The number of ether oxygens (including phenoxy) is 8. The zero-order chi connectivity index (χ0) is 42.6. The van der Waals surface area contributed by atoms with Crippen molar-refractivity contribution in [2.75, 3.05) is 19.8 Å². The Balaban J connectivity index is 0.932. The smallest absolute Gasteiger partial charge is 0.187 e. The molecule has 1 spiro atoms. The lowest BCUT2D eigenvalue weighted by atomic mass is 9.47. The average Bonchev–Trinajstić information content (AvgIpc) is 3.68. The van der Waals surface area contributed by atoms with Crippen LogP contribution in [0.4, 0.5) is 0 Å². The zero-order valence-electron chi connectivity index (χ0n) is 35.6. The number of fused-ring (bicyclic) bond motifs is 7. The van der Waals surface area contributed by atoms with Gasteiger partial charge < -0.3 is 78.7 Å². The molecule has 0 aromatic heterocycles. The molecule has 8 fully saturated rings. The largest absolute Gasteiger partial charge is 0.394 e. The Hall–Kier alpha value is -0.900. The van der Waals surface area contributed by atoms with Gasteiger partial charge in [-0.2, -0.15) is 0 Å². The minimum Gasteiger partial charge on any atom is -0.394 e. The molecule has 0 aromatic rings. The summed E-state index contributed by atoms with van der Waals surface area (Å²) in [4.78, 5) is 0. The summed E-state index contributed by atoms with van der Waals surface area (Å²) in [6, 6.07) is 0. The van der Waals surface area contributed by atoms with Crippen LogP contribution in [0.1, 0.15) is 92.4 Å². The molecule has 3 saturated carbocycles. The van der Waals surface area contributed by atoms with Gasteiger partial charge in [-0.25, -0.2) is 0 Å². The standard InChI is InChI=1S/C44H70O16/c1-19-8-13-44(54-17-19)20(2)30-28(60-44)15-26-24-7-6-22-14-23(9-11-42(22,4)25(24)10-12-43(26,30)5)56-41-38(59-40-36(52)34(50)31(47)21(3)55-40)37(33(49)29(16-45)57-41)58-39-35(51)32(48)27(46)18-53-39/h6,19-21,23-41,45-52H,7-18H2,1-5H3/t19-,20+,21+,23+,24-,25+,26+,27-,28+,29-,30+,31+,32+,33-,34-,35-,36-,37+,38-,39+,40?,41-,42+,43+,44-/m1/s1. The van der Waals surface area contributed by atoms with Gasteiger partial charge in [0, 0.05) is 12.3 Å². The predicted molar refractivity (Wildman–Crippen MR) is 208 cm³/mol. The van der Waals surface area contributed by atoms with Gasteiger partial charge in [0.25, 0.3) is 0 Å². The maximum Gasteiger partial charge on any atom is 0.187 e. The van der Waals surface area contributed by atoms with Crippen LogP contribution in [0.3, 0.4) is 0 Å². The molecule has 5 heterocycles.